The van der Waals surface area contributed by atoms with E-state index in [0.29, 0.717) is 11.9 Å². The van der Waals surface area contributed by atoms with Crippen molar-refractivity contribution in [3.63, 3.8) is 0 Å². The molecule has 0 aliphatic heterocycles. The first-order chi connectivity index (χ1) is 6.09. The van der Waals surface area contributed by atoms with E-state index in [1.54, 1.807) is 0 Å². The van der Waals surface area contributed by atoms with Gasteiger partial charge in [-0.2, -0.15) is 0 Å². The van der Waals surface area contributed by atoms with Crippen LogP contribution < -0.4 is 5.32 Å². The molecule has 3 nitrogen and oxygen atoms in total. The van der Waals surface area contributed by atoms with E-state index in [1.807, 2.05) is 6.92 Å². The fourth-order valence-electron chi connectivity index (χ4n) is 0.757. The maximum absolute atomic E-state index is 12.4. The molecule has 13 heavy (non-hydrogen) atoms. The second-order valence-electron chi connectivity index (χ2n) is 3.40. The van der Waals surface area contributed by atoms with E-state index in [4.69, 9.17) is 0 Å². The van der Waals surface area contributed by atoms with Crippen molar-refractivity contribution >= 4 is 5.95 Å². The van der Waals surface area contributed by atoms with Crippen LogP contribution in [-0.4, -0.2) is 16.0 Å². The number of nitrogens with zero attached hydrogens (tertiary/aromatic N) is 2. The molecular formula is C9H14FN3. The predicted octanol–water partition coefficient (Wildman–Crippen LogP) is 2.07. The van der Waals surface area contributed by atoms with Gasteiger partial charge in [-0.25, -0.2) is 14.4 Å². The lowest BCUT2D eigenvalue weighted by Crippen LogP contribution is -2.22. The van der Waals surface area contributed by atoms with Gasteiger partial charge in [0.15, 0.2) is 5.82 Å². The van der Waals surface area contributed by atoms with Crippen molar-refractivity contribution < 1.29 is 4.39 Å². The number of halogens is 1. The smallest absolute Gasteiger partial charge is 0.222 e. The van der Waals surface area contributed by atoms with Gasteiger partial charge >= 0.3 is 0 Å². The van der Waals surface area contributed by atoms with Crippen molar-refractivity contribution in [2.24, 2.45) is 5.92 Å². The Morgan fingerprint density at radius 1 is 1.23 bits per heavy atom. The van der Waals surface area contributed by atoms with Gasteiger partial charge in [0.05, 0.1) is 12.4 Å². The van der Waals surface area contributed by atoms with E-state index in [2.05, 4.69) is 29.1 Å². The normalized spacial score (nSPS) is 13.0. The van der Waals surface area contributed by atoms with Crippen LogP contribution in [-0.2, 0) is 0 Å². The molecule has 1 unspecified atom stereocenters. The molecule has 0 fully saturated rings. The molecule has 0 aliphatic carbocycles. The Kier molecular flexibility index (Phi) is 3.17. The van der Waals surface area contributed by atoms with Gasteiger partial charge in [-0.05, 0) is 12.8 Å². The van der Waals surface area contributed by atoms with E-state index in [-0.39, 0.29) is 6.04 Å². The SMILES string of the molecule is CC(C)C(C)Nc1ncc(F)cn1. The fourth-order valence-corrected chi connectivity index (χ4v) is 0.757. The van der Waals surface area contributed by atoms with Gasteiger partial charge in [0, 0.05) is 6.04 Å². The maximum Gasteiger partial charge on any atom is 0.222 e. The molecule has 0 aromatic carbocycles. The largest absolute Gasteiger partial charge is 0.352 e. The minimum absolute atomic E-state index is 0.283. The molecule has 1 aromatic heterocycles. The summed E-state index contributed by atoms with van der Waals surface area (Å²) in [5.74, 6) is 0.555. The lowest BCUT2D eigenvalue weighted by atomic mass is 10.1. The zero-order chi connectivity index (χ0) is 9.84. The topological polar surface area (TPSA) is 37.8 Å². The minimum atomic E-state index is -0.414. The number of aromatic nitrogens is 2. The Labute approximate surface area is 77.4 Å². The van der Waals surface area contributed by atoms with Gasteiger partial charge in [0.25, 0.3) is 0 Å². The van der Waals surface area contributed by atoms with Crippen molar-refractivity contribution in [2.45, 2.75) is 26.8 Å². The Bertz CT molecular complexity index is 258. The highest BCUT2D eigenvalue weighted by Crippen LogP contribution is 2.06. The Morgan fingerprint density at radius 2 is 1.77 bits per heavy atom. The van der Waals surface area contributed by atoms with Gasteiger partial charge in [0.2, 0.25) is 5.95 Å². The molecule has 0 aliphatic rings. The van der Waals surface area contributed by atoms with Crippen LogP contribution in [0.25, 0.3) is 0 Å². The summed E-state index contributed by atoms with van der Waals surface area (Å²) in [6, 6.07) is 0.283. The van der Waals surface area contributed by atoms with Crippen molar-refractivity contribution in [3.8, 4) is 0 Å². The third-order valence-corrected chi connectivity index (χ3v) is 1.98. The standard InChI is InChI=1S/C9H14FN3/c1-6(2)7(3)13-9-11-4-8(10)5-12-9/h4-7H,1-3H3,(H,11,12,13). The third-order valence-electron chi connectivity index (χ3n) is 1.98. The zero-order valence-corrected chi connectivity index (χ0v) is 8.08. The molecule has 1 atom stereocenters. The summed E-state index contributed by atoms with van der Waals surface area (Å²) in [4.78, 5) is 7.61. The summed E-state index contributed by atoms with van der Waals surface area (Å²) in [5.41, 5.74) is 0. The van der Waals surface area contributed by atoms with Crippen LogP contribution in [0, 0.1) is 11.7 Å². The average molecular weight is 183 g/mol. The summed E-state index contributed by atoms with van der Waals surface area (Å²) < 4.78 is 12.4. The van der Waals surface area contributed by atoms with Gasteiger partial charge < -0.3 is 5.32 Å². The molecule has 0 amide bonds. The summed E-state index contributed by atoms with van der Waals surface area (Å²) in [5, 5.41) is 3.08. The van der Waals surface area contributed by atoms with Crippen molar-refractivity contribution in [3.05, 3.63) is 18.2 Å². The molecule has 1 rings (SSSR count). The van der Waals surface area contributed by atoms with Gasteiger partial charge in [-0.3, -0.25) is 0 Å². The third kappa shape index (κ3) is 2.97. The number of nitrogens with one attached hydrogen (secondary N) is 1. The molecule has 0 radical (unpaired) electrons. The van der Waals surface area contributed by atoms with Gasteiger partial charge in [-0.15, -0.1) is 0 Å². The predicted molar refractivity (Wildman–Crippen MR) is 49.9 cm³/mol. The van der Waals surface area contributed by atoms with Crippen LogP contribution in [0.15, 0.2) is 12.4 Å². The quantitative estimate of drug-likeness (QED) is 0.779. The van der Waals surface area contributed by atoms with Crippen molar-refractivity contribution in [2.75, 3.05) is 5.32 Å². The average Bonchev–Trinajstić information content (AvgIpc) is 2.08. The second-order valence-corrected chi connectivity index (χ2v) is 3.40. The maximum atomic E-state index is 12.4. The first-order valence-electron chi connectivity index (χ1n) is 4.33. The molecule has 1 aromatic rings. The monoisotopic (exact) mass is 183 g/mol. The fraction of sp³-hybridized carbons (Fsp3) is 0.556. The molecule has 0 saturated heterocycles. The molecule has 0 spiro atoms. The molecule has 1 heterocycles. The summed E-state index contributed by atoms with van der Waals surface area (Å²) in [6.07, 6.45) is 2.31. The minimum Gasteiger partial charge on any atom is -0.352 e. The molecule has 4 heteroatoms. The molecule has 0 saturated carbocycles. The van der Waals surface area contributed by atoms with E-state index < -0.39 is 5.82 Å². The van der Waals surface area contributed by atoms with Crippen LogP contribution >= 0.6 is 0 Å². The molecule has 72 valence electrons. The summed E-state index contributed by atoms with van der Waals surface area (Å²) in [6.45, 7) is 6.24. The molecule has 0 bridgehead atoms. The van der Waals surface area contributed by atoms with Gasteiger partial charge in [0.1, 0.15) is 0 Å². The number of hydrogen-bond donors (Lipinski definition) is 1. The van der Waals surface area contributed by atoms with Crippen molar-refractivity contribution in [1.82, 2.24) is 9.97 Å². The zero-order valence-electron chi connectivity index (χ0n) is 8.08. The van der Waals surface area contributed by atoms with E-state index in [9.17, 15) is 4.39 Å². The van der Waals surface area contributed by atoms with Crippen LogP contribution in [0.4, 0.5) is 10.3 Å². The highest BCUT2D eigenvalue weighted by Gasteiger charge is 2.07. The van der Waals surface area contributed by atoms with Gasteiger partial charge in [-0.1, -0.05) is 13.8 Å². The Hall–Kier alpha value is -1.19. The Balaban J connectivity index is 2.59. The first-order valence-corrected chi connectivity index (χ1v) is 4.33. The van der Waals surface area contributed by atoms with E-state index >= 15 is 0 Å². The number of anilines is 1. The lowest BCUT2D eigenvalue weighted by Gasteiger charge is -2.16. The van der Waals surface area contributed by atoms with Crippen LogP contribution in [0.5, 0.6) is 0 Å². The van der Waals surface area contributed by atoms with E-state index in [1.165, 1.54) is 0 Å². The van der Waals surface area contributed by atoms with Crippen LogP contribution in [0.1, 0.15) is 20.8 Å². The Morgan fingerprint density at radius 3 is 2.23 bits per heavy atom. The lowest BCUT2D eigenvalue weighted by molar-refractivity contribution is 0.554. The number of hydrogen-bond acceptors (Lipinski definition) is 3. The van der Waals surface area contributed by atoms with E-state index in [0.717, 1.165) is 12.4 Å². The van der Waals surface area contributed by atoms with Crippen LogP contribution in [0.2, 0.25) is 0 Å². The first kappa shape index (κ1) is 9.89. The highest BCUT2D eigenvalue weighted by molar-refractivity contribution is 5.24. The second kappa shape index (κ2) is 4.16. The van der Waals surface area contributed by atoms with Crippen LogP contribution in [0.3, 0.4) is 0 Å². The summed E-state index contributed by atoms with van der Waals surface area (Å²) >= 11 is 0. The highest BCUT2D eigenvalue weighted by atomic mass is 19.1. The van der Waals surface area contributed by atoms with Crippen molar-refractivity contribution in [1.29, 1.82) is 0 Å². The molecular weight excluding hydrogens is 169 g/mol. The summed E-state index contributed by atoms with van der Waals surface area (Å²) in [7, 11) is 0. The molecule has 1 N–H and O–H groups in total. The number of rotatable bonds is 3.